The Morgan fingerprint density at radius 3 is 2.43 bits per heavy atom. The second-order valence-electron chi connectivity index (χ2n) is 4.70. The molecular weight excluding hydrogens is 304 g/mol. The van der Waals surface area contributed by atoms with Gasteiger partial charge >= 0.3 is 0 Å². The van der Waals surface area contributed by atoms with Gasteiger partial charge in [0.25, 0.3) is 0 Å². The van der Waals surface area contributed by atoms with Gasteiger partial charge in [0.05, 0.1) is 18.1 Å². The number of nitrogens with zero attached hydrogens (tertiary/aromatic N) is 1. The van der Waals surface area contributed by atoms with Crippen LogP contribution in [0.5, 0.6) is 0 Å². The first-order valence-corrected chi connectivity index (χ1v) is 7.94. The van der Waals surface area contributed by atoms with Crippen molar-refractivity contribution < 1.29 is 26.7 Å². The predicted molar refractivity (Wildman–Crippen MR) is 70.4 cm³/mol. The number of sulfone groups is 1. The van der Waals surface area contributed by atoms with Crippen LogP contribution in [0.2, 0.25) is 0 Å². The maximum Gasteiger partial charge on any atom is 0.241 e. The summed E-state index contributed by atoms with van der Waals surface area (Å²) in [6.07, 6.45) is 0. The SMILES string of the molecule is C[C@H](C(=O)N1CCOCC1)S(=O)(=O)c1ccc(F)c(F)c1. The zero-order chi connectivity index (χ0) is 15.6. The molecule has 116 valence electrons. The van der Waals surface area contributed by atoms with Crippen LogP contribution in [0, 0.1) is 11.6 Å². The molecule has 1 aliphatic heterocycles. The molecule has 0 aliphatic carbocycles. The second kappa shape index (κ2) is 6.07. The van der Waals surface area contributed by atoms with Gasteiger partial charge in [-0.3, -0.25) is 4.79 Å². The number of hydrogen-bond donors (Lipinski definition) is 0. The third-order valence-electron chi connectivity index (χ3n) is 3.36. The molecule has 5 nitrogen and oxygen atoms in total. The van der Waals surface area contributed by atoms with Gasteiger partial charge in [0.15, 0.2) is 21.5 Å². The van der Waals surface area contributed by atoms with Crippen molar-refractivity contribution in [2.24, 2.45) is 0 Å². The molecule has 0 aromatic heterocycles. The maximum atomic E-state index is 13.2. The molecule has 0 N–H and O–H groups in total. The van der Waals surface area contributed by atoms with Gasteiger partial charge in [-0.1, -0.05) is 0 Å². The van der Waals surface area contributed by atoms with E-state index >= 15 is 0 Å². The Hall–Kier alpha value is -1.54. The van der Waals surface area contributed by atoms with Gasteiger partial charge in [0.1, 0.15) is 5.25 Å². The third kappa shape index (κ3) is 3.21. The predicted octanol–water partition coefficient (Wildman–Crippen LogP) is 0.986. The molecule has 21 heavy (non-hydrogen) atoms. The van der Waals surface area contributed by atoms with Crippen molar-refractivity contribution in [2.45, 2.75) is 17.1 Å². The first-order valence-electron chi connectivity index (χ1n) is 6.39. The zero-order valence-corrected chi connectivity index (χ0v) is 12.2. The van der Waals surface area contributed by atoms with Crippen molar-refractivity contribution in [3.05, 3.63) is 29.8 Å². The Morgan fingerprint density at radius 2 is 1.86 bits per heavy atom. The summed E-state index contributed by atoms with van der Waals surface area (Å²) in [4.78, 5) is 13.2. The van der Waals surface area contributed by atoms with Gasteiger partial charge in [-0.25, -0.2) is 17.2 Å². The summed E-state index contributed by atoms with van der Waals surface area (Å²) in [5.41, 5.74) is 0. The minimum absolute atomic E-state index is 0.316. The number of hydrogen-bond acceptors (Lipinski definition) is 4. The van der Waals surface area contributed by atoms with Crippen LogP contribution >= 0.6 is 0 Å². The highest BCUT2D eigenvalue weighted by Gasteiger charge is 2.34. The lowest BCUT2D eigenvalue weighted by molar-refractivity contribution is -0.134. The number of halogens is 2. The summed E-state index contributed by atoms with van der Waals surface area (Å²) in [5, 5.41) is -1.36. The summed E-state index contributed by atoms with van der Waals surface area (Å²) in [5.74, 6) is -2.97. The highest BCUT2D eigenvalue weighted by Crippen LogP contribution is 2.20. The number of carbonyl (C=O) groups excluding carboxylic acids is 1. The van der Waals surface area contributed by atoms with E-state index in [0.29, 0.717) is 32.4 Å². The summed E-state index contributed by atoms with van der Waals surface area (Å²) >= 11 is 0. The number of carbonyl (C=O) groups is 1. The van der Waals surface area contributed by atoms with Crippen LogP contribution in [0.3, 0.4) is 0 Å². The van der Waals surface area contributed by atoms with Crippen molar-refractivity contribution in [3.63, 3.8) is 0 Å². The molecule has 0 radical (unpaired) electrons. The Kier molecular flexibility index (Phi) is 4.58. The van der Waals surface area contributed by atoms with Crippen molar-refractivity contribution in [2.75, 3.05) is 26.3 Å². The van der Waals surface area contributed by atoms with Gasteiger partial charge in [0, 0.05) is 13.1 Å². The molecule has 1 aromatic carbocycles. The van der Waals surface area contributed by atoms with E-state index in [1.54, 1.807) is 0 Å². The fourth-order valence-electron chi connectivity index (χ4n) is 2.03. The van der Waals surface area contributed by atoms with Crippen LogP contribution in [0.1, 0.15) is 6.92 Å². The van der Waals surface area contributed by atoms with E-state index in [4.69, 9.17) is 4.74 Å². The molecule has 1 fully saturated rings. The Bertz CT molecular complexity index is 642. The van der Waals surface area contributed by atoms with Crippen LogP contribution in [-0.4, -0.2) is 50.8 Å². The van der Waals surface area contributed by atoms with Crippen LogP contribution in [0.15, 0.2) is 23.1 Å². The number of morpholine rings is 1. The number of ether oxygens (including phenoxy) is 1. The first-order chi connectivity index (χ1) is 9.84. The maximum absolute atomic E-state index is 13.2. The van der Waals surface area contributed by atoms with Crippen molar-refractivity contribution in [3.8, 4) is 0 Å². The summed E-state index contributed by atoms with van der Waals surface area (Å²) in [7, 11) is -4.07. The molecule has 0 saturated carbocycles. The van der Waals surface area contributed by atoms with E-state index in [9.17, 15) is 22.0 Å². The topological polar surface area (TPSA) is 63.7 Å². The lowest BCUT2D eigenvalue weighted by Crippen LogP contribution is -2.47. The Balaban J connectivity index is 2.25. The molecule has 1 saturated heterocycles. The Labute approximate surface area is 121 Å². The average Bonchev–Trinajstić information content (AvgIpc) is 2.49. The number of amides is 1. The van der Waals surface area contributed by atoms with E-state index in [0.717, 1.165) is 12.1 Å². The van der Waals surface area contributed by atoms with E-state index in [2.05, 4.69) is 0 Å². The van der Waals surface area contributed by atoms with Crippen molar-refractivity contribution in [1.82, 2.24) is 4.90 Å². The Morgan fingerprint density at radius 1 is 1.24 bits per heavy atom. The molecule has 1 aliphatic rings. The van der Waals surface area contributed by atoms with Gasteiger partial charge < -0.3 is 9.64 Å². The first kappa shape index (κ1) is 15.8. The fourth-order valence-corrected chi connectivity index (χ4v) is 3.38. The van der Waals surface area contributed by atoms with Crippen LogP contribution in [-0.2, 0) is 19.4 Å². The molecule has 1 atom stereocenters. The summed E-state index contributed by atoms with van der Waals surface area (Å²) in [6, 6.07) is 2.28. The quantitative estimate of drug-likeness (QED) is 0.779. The third-order valence-corrected chi connectivity index (χ3v) is 5.40. The molecule has 0 bridgehead atoms. The largest absolute Gasteiger partial charge is 0.378 e. The number of benzene rings is 1. The summed E-state index contributed by atoms with van der Waals surface area (Å²) < 4.78 is 55.8. The van der Waals surface area contributed by atoms with E-state index in [1.165, 1.54) is 11.8 Å². The molecule has 0 unspecified atom stereocenters. The normalized spacial score (nSPS) is 17.6. The molecule has 1 heterocycles. The van der Waals surface area contributed by atoms with E-state index < -0.39 is 37.5 Å². The average molecular weight is 319 g/mol. The monoisotopic (exact) mass is 319 g/mol. The van der Waals surface area contributed by atoms with Crippen LogP contribution < -0.4 is 0 Å². The van der Waals surface area contributed by atoms with Gasteiger partial charge in [0.2, 0.25) is 5.91 Å². The minimum atomic E-state index is -4.07. The number of rotatable bonds is 3. The van der Waals surface area contributed by atoms with Gasteiger partial charge in [-0.2, -0.15) is 0 Å². The standard InChI is InChI=1S/C13H15F2NO4S/c1-9(13(17)16-4-6-20-7-5-16)21(18,19)10-2-3-11(14)12(15)8-10/h2-3,8-9H,4-7H2,1H3/t9-/m1/s1. The van der Waals surface area contributed by atoms with Gasteiger partial charge in [-0.05, 0) is 25.1 Å². The summed E-state index contributed by atoms with van der Waals surface area (Å²) in [6.45, 7) is 2.58. The van der Waals surface area contributed by atoms with Crippen LogP contribution in [0.25, 0.3) is 0 Å². The van der Waals surface area contributed by atoms with E-state index in [-0.39, 0.29) is 0 Å². The smallest absolute Gasteiger partial charge is 0.241 e. The second-order valence-corrected chi connectivity index (χ2v) is 6.97. The molecule has 1 aromatic rings. The fraction of sp³-hybridized carbons (Fsp3) is 0.462. The molecule has 0 spiro atoms. The van der Waals surface area contributed by atoms with Gasteiger partial charge in [-0.15, -0.1) is 0 Å². The van der Waals surface area contributed by atoms with E-state index in [1.807, 2.05) is 0 Å². The zero-order valence-electron chi connectivity index (χ0n) is 11.4. The van der Waals surface area contributed by atoms with Crippen molar-refractivity contribution in [1.29, 1.82) is 0 Å². The highest BCUT2D eigenvalue weighted by molar-refractivity contribution is 7.92. The molecular formula is C13H15F2NO4S. The lowest BCUT2D eigenvalue weighted by atomic mass is 10.3. The molecule has 8 heteroatoms. The molecule has 2 rings (SSSR count). The highest BCUT2D eigenvalue weighted by atomic mass is 32.2. The van der Waals surface area contributed by atoms with Crippen molar-refractivity contribution >= 4 is 15.7 Å². The lowest BCUT2D eigenvalue weighted by Gasteiger charge is -2.29. The van der Waals surface area contributed by atoms with Crippen LogP contribution in [0.4, 0.5) is 8.78 Å². The molecule has 1 amide bonds. The minimum Gasteiger partial charge on any atom is -0.378 e.